The first kappa shape index (κ1) is 8.52. The summed E-state index contributed by atoms with van der Waals surface area (Å²) in [6.45, 7) is 4.18. The van der Waals surface area contributed by atoms with Gasteiger partial charge in [-0.05, 0) is 26.7 Å². The van der Waals surface area contributed by atoms with E-state index in [9.17, 15) is 0 Å². The molecule has 0 N–H and O–H groups in total. The minimum Gasteiger partial charge on any atom is -0.350 e. The molecule has 1 saturated carbocycles. The predicted molar refractivity (Wildman–Crippen MR) is 46.8 cm³/mol. The molecule has 2 heteroatoms. The summed E-state index contributed by atoms with van der Waals surface area (Å²) in [6.07, 6.45) is 6.12. The second kappa shape index (κ2) is 3.35. The van der Waals surface area contributed by atoms with Gasteiger partial charge in [-0.2, -0.15) is 0 Å². The van der Waals surface area contributed by atoms with Gasteiger partial charge in [0.25, 0.3) is 0 Å². The van der Waals surface area contributed by atoms with Gasteiger partial charge in [-0.1, -0.05) is 12.8 Å². The van der Waals surface area contributed by atoms with Crippen LogP contribution >= 0.6 is 0 Å². The summed E-state index contributed by atoms with van der Waals surface area (Å²) in [5, 5.41) is 0. The van der Waals surface area contributed by atoms with Crippen molar-refractivity contribution >= 4 is 0 Å². The molecule has 1 aliphatic carbocycles. The quantitative estimate of drug-likeness (QED) is 0.555. The summed E-state index contributed by atoms with van der Waals surface area (Å²) in [4.78, 5) is 0. The number of hydrogen-bond acceptors (Lipinski definition) is 2. The Labute approximate surface area is 74.2 Å². The molecule has 0 bridgehead atoms. The van der Waals surface area contributed by atoms with Gasteiger partial charge in [-0.15, -0.1) is 0 Å². The maximum Gasteiger partial charge on any atom is 0.155 e. The van der Waals surface area contributed by atoms with E-state index >= 15 is 0 Å². The molecule has 1 saturated heterocycles. The summed E-state index contributed by atoms with van der Waals surface area (Å²) in [6, 6.07) is 0. The average molecular weight is 170 g/mol. The van der Waals surface area contributed by atoms with Crippen LogP contribution in [0.25, 0.3) is 0 Å². The molecule has 1 heterocycles. The standard InChI is InChI=1S/C10H18O2/c1-7-9-5-3-4-6-10(9)12-8(2)11-7/h7-10H,3-6H2,1-2H3/t7-,8-,9-,10-/m1/s1. The van der Waals surface area contributed by atoms with Gasteiger partial charge in [0.15, 0.2) is 6.29 Å². The average Bonchev–Trinajstić information content (AvgIpc) is 2.04. The van der Waals surface area contributed by atoms with Crippen LogP contribution in [0.15, 0.2) is 0 Å². The Bertz CT molecular complexity index is 158. The van der Waals surface area contributed by atoms with E-state index in [2.05, 4.69) is 6.92 Å². The summed E-state index contributed by atoms with van der Waals surface area (Å²) in [5.74, 6) is 0.662. The summed E-state index contributed by atoms with van der Waals surface area (Å²) in [5.41, 5.74) is 0. The second-order valence-electron chi connectivity index (χ2n) is 4.03. The second-order valence-corrected chi connectivity index (χ2v) is 4.03. The van der Waals surface area contributed by atoms with Crippen molar-refractivity contribution in [3.63, 3.8) is 0 Å². The highest BCUT2D eigenvalue weighted by Gasteiger charge is 2.36. The van der Waals surface area contributed by atoms with Gasteiger partial charge in [0.2, 0.25) is 0 Å². The predicted octanol–water partition coefficient (Wildman–Crippen LogP) is 2.33. The fourth-order valence-corrected chi connectivity index (χ4v) is 2.51. The smallest absolute Gasteiger partial charge is 0.155 e. The van der Waals surface area contributed by atoms with Crippen LogP contribution in [0.4, 0.5) is 0 Å². The molecule has 12 heavy (non-hydrogen) atoms. The lowest BCUT2D eigenvalue weighted by molar-refractivity contribution is -0.263. The first-order valence-electron chi connectivity index (χ1n) is 5.08. The molecule has 2 rings (SSSR count). The van der Waals surface area contributed by atoms with Crippen molar-refractivity contribution in [1.29, 1.82) is 0 Å². The van der Waals surface area contributed by atoms with Crippen LogP contribution in [0.5, 0.6) is 0 Å². The number of ether oxygens (including phenoxy) is 2. The van der Waals surface area contributed by atoms with Crippen molar-refractivity contribution < 1.29 is 9.47 Å². The zero-order chi connectivity index (χ0) is 8.55. The van der Waals surface area contributed by atoms with Gasteiger partial charge in [0, 0.05) is 5.92 Å². The van der Waals surface area contributed by atoms with Gasteiger partial charge in [-0.3, -0.25) is 0 Å². The van der Waals surface area contributed by atoms with E-state index in [0.717, 1.165) is 0 Å². The number of fused-ring (bicyclic) bond motifs is 1. The van der Waals surface area contributed by atoms with Crippen molar-refractivity contribution in [3.8, 4) is 0 Å². The third kappa shape index (κ3) is 1.50. The maximum atomic E-state index is 5.74. The summed E-state index contributed by atoms with van der Waals surface area (Å²) < 4.78 is 11.4. The first-order valence-corrected chi connectivity index (χ1v) is 5.08. The lowest BCUT2D eigenvalue weighted by Crippen LogP contribution is -2.45. The SMILES string of the molecule is C[C@@H]1O[C@H](C)[C@H]2CCCC[C@H]2O1. The van der Waals surface area contributed by atoms with Crippen molar-refractivity contribution in [3.05, 3.63) is 0 Å². The van der Waals surface area contributed by atoms with Gasteiger partial charge in [0.05, 0.1) is 12.2 Å². The molecule has 2 aliphatic rings. The van der Waals surface area contributed by atoms with Crippen LogP contribution < -0.4 is 0 Å². The van der Waals surface area contributed by atoms with E-state index in [1.807, 2.05) is 6.92 Å². The molecule has 0 aromatic heterocycles. The van der Waals surface area contributed by atoms with Crippen LogP contribution in [0, 0.1) is 5.92 Å². The van der Waals surface area contributed by atoms with Crippen LogP contribution in [0.2, 0.25) is 0 Å². The molecule has 2 fully saturated rings. The molecule has 0 amide bonds. The molecular formula is C10H18O2. The maximum absolute atomic E-state index is 5.74. The Kier molecular flexibility index (Phi) is 2.37. The molecule has 0 radical (unpaired) electrons. The third-order valence-electron chi connectivity index (χ3n) is 3.13. The van der Waals surface area contributed by atoms with Crippen molar-refractivity contribution in [2.24, 2.45) is 5.92 Å². The number of rotatable bonds is 0. The molecule has 4 atom stereocenters. The van der Waals surface area contributed by atoms with Gasteiger partial charge in [-0.25, -0.2) is 0 Å². The Morgan fingerprint density at radius 1 is 1.00 bits per heavy atom. The zero-order valence-electron chi connectivity index (χ0n) is 7.95. The van der Waals surface area contributed by atoms with Crippen LogP contribution in [0.3, 0.4) is 0 Å². The van der Waals surface area contributed by atoms with E-state index in [4.69, 9.17) is 9.47 Å². The third-order valence-corrected chi connectivity index (χ3v) is 3.13. The normalized spacial score (nSPS) is 48.5. The zero-order valence-corrected chi connectivity index (χ0v) is 7.95. The topological polar surface area (TPSA) is 18.5 Å². The molecule has 0 spiro atoms. The monoisotopic (exact) mass is 170 g/mol. The van der Waals surface area contributed by atoms with Gasteiger partial charge >= 0.3 is 0 Å². The molecular weight excluding hydrogens is 152 g/mol. The minimum atomic E-state index is 0.0133. The van der Waals surface area contributed by atoms with Crippen molar-refractivity contribution in [2.75, 3.05) is 0 Å². The molecule has 1 aliphatic heterocycles. The fraction of sp³-hybridized carbons (Fsp3) is 1.00. The van der Waals surface area contributed by atoms with Crippen molar-refractivity contribution in [1.82, 2.24) is 0 Å². The molecule has 0 aromatic carbocycles. The summed E-state index contributed by atoms with van der Waals surface area (Å²) >= 11 is 0. The van der Waals surface area contributed by atoms with Crippen molar-refractivity contribution in [2.45, 2.75) is 58.0 Å². The van der Waals surface area contributed by atoms with E-state index in [1.165, 1.54) is 25.7 Å². The Hall–Kier alpha value is -0.0800. The lowest BCUT2D eigenvalue weighted by Gasteiger charge is -2.42. The lowest BCUT2D eigenvalue weighted by atomic mass is 9.82. The Morgan fingerprint density at radius 3 is 2.58 bits per heavy atom. The van der Waals surface area contributed by atoms with Crippen LogP contribution in [-0.2, 0) is 9.47 Å². The highest BCUT2D eigenvalue weighted by molar-refractivity contribution is 4.83. The summed E-state index contributed by atoms with van der Waals surface area (Å²) in [7, 11) is 0. The minimum absolute atomic E-state index is 0.0133. The Balaban J connectivity index is 2.01. The highest BCUT2D eigenvalue weighted by atomic mass is 16.7. The van der Waals surface area contributed by atoms with E-state index < -0.39 is 0 Å². The Morgan fingerprint density at radius 2 is 1.75 bits per heavy atom. The van der Waals surface area contributed by atoms with Gasteiger partial charge < -0.3 is 9.47 Å². The van der Waals surface area contributed by atoms with Gasteiger partial charge in [0.1, 0.15) is 0 Å². The van der Waals surface area contributed by atoms with E-state index in [-0.39, 0.29) is 6.29 Å². The largest absolute Gasteiger partial charge is 0.350 e. The first-order chi connectivity index (χ1) is 5.77. The highest BCUT2D eigenvalue weighted by Crippen LogP contribution is 2.35. The molecule has 70 valence electrons. The number of hydrogen-bond donors (Lipinski definition) is 0. The molecule has 0 aromatic rings. The fourth-order valence-electron chi connectivity index (χ4n) is 2.51. The van der Waals surface area contributed by atoms with E-state index in [1.54, 1.807) is 0 Å². The van der Waals surface area contributed by atoms with Crippen LogP contribution in [0.1, 0.15) is 39.5 Å². The molecule has 0 unspecified atom stereocenters. The van der Waals surface area contributed by atoms with Crippen LogP contribution in [-0.4, -0.2) is 18.5 Å². The molecule has 2 nitrogen and oxygen atoms in total. The van der Waals surface area contributed by atoms with E-state index in [0.29, 0.717) is 18.1 Å².